The Morgan fingerprint density at radius 3 is 2.95 bits per heavy atom. The van der Waals surface area contributed by atoms with Gasteiger partial charge in [0.15, 0.2) is 0 Å². The molecule has 0 unspecified atom stereocenters. The third kappa shape index (κ3) is 3.53. The van der Waals surface area contributed by atoms with Crippen molar-refractivity contribution in [2.24, 2.45) is 5.92 Å². The van der Waals surface area contributed by atoms with Gasteiger partial charge in [-0.25, -0.2) is 0 Å². The van der Waals surface area contributed by atoms with E-state index in [2.05, 4.69) is 15.0 Å². The summed E-state index contributed by atoms with van der Waals surface area (Å²) in [4.78, 5) is 14.1. The number of amides is 1. The van der Waals surface area contributed by atoms with E-state index >= 15 is 0 Å². The fraction of sp³-hybridized carbons (Fsp3) is 0.533. The standard InChI is InChI=1S/C15H18F2N2O3/c16-15(17)22-13-4-2-1-3-10(13)5-19-6-11-8-21-9-12(7-19)18-14(11)20/h1-4,11-12,15H,5-9H2,(H,18,20)/t11-,12+/m1/s1. The summed E-state index contributed by atoms with van der Waals surface area (Å²) in [6, 6.07) is 6.69. The minimum absolute atomic E-state index is 0.00196. The molecule has 0 aliphatic carbocycles. The van der Waals surface area contributed by atoms with E-state index in [4.69, 9.17) is 4.74 Å². The van der Waals surface area contributed by atoms with Gasteiger partial charge in [0, 0.05) is 25.2 Å². The Labute approximate surface area is 127 Å². The van der Waals surface area contributed by atoms with Crippen LogP contribution in [0.3, 0.4) is 0 Å². The van der Waals surface area contributed by atoms with E-state index < -0.39 is 6.61 Å². The number of halogens is 2. The maximum Gasteiger partial charge on any atom is 0.387 e. The van der Waals surface area contributed by atoms with Crippen LogP contribution in [-0.4, -0.2) is 49.8 Å². The van der Waals surface area contributed by atoms with Gasteiger partial charge < -0.3 is 14.8 Å². The lowest BCUT2D eigenvalue weighted by Gasteiger charge is -2.28. The van der Waals surface area contributed by atoms with Crippen LogP contribution in [0, 0.1) is 5.92 Å². The first-order valence-electron chi connectivity index (χ1n) is 7.25. The molecule has 2 fully saturated rings. The molecule has 2 bridgehead atoms. The van der Waals surface area contributed by atoms with Crippen molar-refractivity contribution in [3.05, 3.63) is 29.8 Å². The first kappa shape index (κ1) is 15.2. The van der Waals surface area contributed by atoms with Crippen molar-refractivity contribution in [1.29, 1.82) is 0 Å². The number of carbonyl (C=O) groups is 1. The maximum absolute atomic E-state index is 12.5. The van der Waals surface area contributed by atoms with Gasteiger partial charge in [0.25, 0.3) is 0 Å². The first-order chi connectivity index (χ1) is 10.6. The lowest BCUT2D eigenvalue weighted by molar-refractivity contribution is -0.125. The average molecular weight is 312 g/mol. The summed E-state index contributed by atoms with van der Waals surface area (Å²) in [5.74, 6) is -0.0414. The highest BCUT2D eigenvalue weighted by Gasteiger charge is 2.33. The number of fused-ring (bicyclic) bond motifs is 3. The second kappa shape index (κ2) is 6.58. The predicted molar refractivity (Wildman–Crippen MR) is 74.6 cm³/mol. The Balaban J connectivity index is 1.74. The number of ether oxygens (including phenoxy) is 2. The zero-order valence-electron chi connectivity index (χ0n) is 12.0. The molecule has 2 aliphatic heterocycles. The summed E-state index contributed by atoms with van der Waals surface area (Å²) < 4.78 is 35.0. The van der Waals surface area contributed by atoms with Crippen LogP contribution in [0.5, 0.6) is 5.75 Å². The molecule has 7 heteroatoms. The number of nitrogens with zero attached hydrogens (tertiary/aromatic N) is 1. The molecule has 22 heavy (non-hydrogen) atoms. The second-order valence-corrected chi connectivity index (χ2v) is 5.62. The lowest BCUT2D eigenvalue weighted by Crippen LogP contribution is -2.41. The number of alkyl halides is 2. The number of carbonyl (C=O) groups excluding carboxylic acids is 1. The molecule has 0 spiro atoms. The van der Waals surface area contributed by atoms with Crippen LogP contribution in [0.4, 0.5) is 8.78 Å². The van der Waals surface area contributed by atoms with Crippen molar-refractivity contribution in [3.63, 3.8) is 0 Å². The van der Waals surface area contributed by atoms with E-state index in [1.165, 1.54) is 6.07 Å². The molecule has 5 nitrogen and oxygen atoms in total. The molecule has 3 rings (SSSR count). The number of hydrogen-bond acceptors (Lipinski definition) is 4. The van der Waals surface area contributed by atoms with Crippen LogP contribution in [0.25, 0.3) is 0 Å². The number of hydrogen-bond donors (Lipinski definition) is 1. The van der Waals surface area contributed by atoms with Crippen LogP contribution in [0.15, 0.2) is 24.3 Å². The molecule has 2 aliphatic rings. The number of nitrogens with one attached hydrogen (secondary N) is 1. The molecule has 0 radical (unpaired) electrons. The van der Waals surface area contributed by atoms with Crippen molar-refractivity contribution >= 4 is 5.91 Å². The molecule has 1 aromatic carbocycles. The SMILES string of the molecule is O=C1N[C@@H]2COC[C@H]1CN(Cc1ccccc1OC(F)F)C2. The Morgan fingerprint density at radius 1 is 1.32 bits per heavy atom. The maximum atomic E-state index is 12.5. The Bertz CT molecular complexity index is 541. The highest BCUT2D eigenvalue weighted by Crippen LogP contribution is 2.23. The smallest absolute Gasteiger partial charge is 0.387 e. The highest BCUT2D eigenvalue weighted by atomic mass is 19.3. The second-order valence-electron chi connectivity index (χ2n) is 5.62. The zero-order chi connectivity index (χ0) is 15.5. The van der Waals surface area contributed by atoms with Gasteiger partial charge in [-0.15, -0.1) is 0 Å². The molecule has 2 heterocycles. The largest absolute Gasteiger partial charge is 0.434 e. The third-order valence-electron chi connectivity index (χ3n) is 3.90. The number of benzene rings is 1. The van der Waals surface area contributed by atoms with E-state index in [-0.39, 0.29) is 23.6 Å². The van der Waals surface area contributed by atoms with Crippen molar-refractivity contribution in [2.75, 3.05) is 26.3 Å². The fourth-order valence-corrected chi connectivity index (χ4v) is 2.94. The Morgan fingerprint density at radius 2 is 2.14 bits per heavy atom. The highest BCUT2D eigenvalue weighted by molar-refractivity contribution is 5.79. The zero-order valence-corrected chi connectivity index (χ0v) is 12.0. The topological polar surface area (TPSA) is 50.8 Å². The van der Waals surface area contributed by atoms with Crippen LogP contribution in [0.2, 0.25) is 0 Å². The quantitative estimate of drug-likeness (QED) is 0.909. The van der Waals surface area contributed by atoms with Crippen molar-refractivity contribution < 1.29 is 23.0 Å². The first-order valence-corrected chi connectivity index (χ1v) is 7.25. The minimum Gasteiger partial charge on any atom is -0.434 e. The van der Waals surface area contributed by atoms with Gasteiger partial charge in [-0.3, -0.25) is 9.69 Å². The predicted octanol–water partition coefficient (Wildman–Crippen LogP) is 1.23. The number of para-hydroxylation sites is 1. The molecule has 1 N–H and O–H groups in total. The molecule has 1 amide bonds. The molecule has 2 saturated heterocycles. The normalized spacial score (nSPS) is 25.7. The van der Waals surface area contributed by atoms with Gasteiger partial charge in [0.05, 0.1) is 25.2 Å². The van der Waals surface area contributed by atoms with Crippen LogP contribution < -0.4 is 10.1 Å². The summed E-state index contributed by atoms with van der Waals surface area (Å²) in [5.41, 5.74) is 0.691. The van der Waals surface area contributed by atoms with E-state index in [0.29, 0.717) is 38.4 Å². The van der Waals surface area contributed by atoms with Crippen LogP contribution >= 0.6 is 0 Å². The minimum atomic E-state index is -2.85. The van der Waals surface area contributed by atoms with Crippen LogP contribution in [0.1, 0.15) is 5.56 Å². The summed E-state index contributed by atoms with van der Waals surface area (Å²) in [6.07, 6.45) is 0. The Hall–Kier alpha value is -1.73. The summed E-state index contributed by atoms with van der Waals surface area (Å²) in [6.45, 7) is -0.329. The van der Waals surface area contributed by atoms with Crippen molar-refractivity contribution in [3.8, 4) is 5.75 Å². The van der Waals surface area contributed by atoms with Crippen LogP contribution in [-0.2, 0) is 16.1 Å². The average Bonchev–Trinajstić information content (AvgIpc) is 2.69. The van der Waals surface area contributed by atoms with Gasteiger partial charge in [-0.05, 0) is 6.07 Å². The summed E-state index contributed by atoms with van der Waals surface area (Å²) in [5, 5.41) is 2.95. The molecule has 2 atom stereocenters. The molecule has 120 valence electrons. The molecular weight excluding hydrogens is 294 g/mol. The monoisotopic (exact) mass is 312 g/mol. The molecule has 0 aromatic heterocycles. The van der Waals surface area contributed by atoms with E-state index in [0.717, 1.165) is 0 Å². The fourth-order valence-electron chi connectivity index (χ4n) is 2.94. The molecule has 1 aromatic rings. The van der Waals surface area contributed by atoms with E-state index in [1.54, 1.807) is 18.2 Å². The third-order valence-corrected chi connectivity index (χ3v) is 3.90. The van der Waals surface area contributed by atoms with Crippen molar-refractivity contribution in [1.82, 2.24) is 10.2 Å². The van der Waals surface area contributed by atoms with Gasteiger partial charge in [0.2, 0.25) is 5.91 Å². The Kier molecular flexibility index (Phi) is 4.54. The van der Waals surface area contributed by atoms with Gasteiger partial charge in [-0.2, -0.15) is 8.78 Å². The van der Waals surface area contributed by atoms with Gasteiger partial charge in [-0.1, -0.05) is 18.2 Å². The van der Waals surface area contributed by atoms with E-state index in [9.17, 15) is 13.6 Å². The lowest BCUT2D eigenvalue weighted by atomic mass is 10.1. The van der Waals surface area contributed by atoms with Gasteiger partial charge in [0.1, 0.15) is 5.75 Å². The summed E-state index contributed by atoms with van der Waals surface area (Å²) in [7, 11) is 0. The number of rotatable bonds is 4. The summed E-state index contributed by atoms with van der Waals surface area (Å²) >= 11 is 0. The van der Waals surface area contributed by atoms with Gasteiger partial charge >= 0.3 is 6.61 Å². The molecule has 0 saturated carbocycles. The van der Waals surface area contributed by atoms with Crippen molar-refractivity contribution in [2.45, 2.75) is 19.2 Å². The van der Waals surface area contributed by atoms with E-state index in [1.807, 2.05) is 0 Å². The molecular formula is C15H18F2N2O3.